The zero-order valence-electron chi connectivity index (χ0n) is 14.2. The largest absolute Gasteiger partial charge is 0.382 e. The molecular formula is C19H17Cl2N5O. The Kier molecular flexibility index (Phi) is 4.78. The molecule has 2 aromatic carbocycles. The summed E-state index contributed by atoms with van der Waals surface area (Å²) in [4.78, 5) is 7.11. The van der Waals surface area contributed by atoms with Crippen molar-refractivity contribution in [2.75, 3.05) is 11.9 Å². The van der Waals surface area contributed by atoms with Crippen LogP contribution in [0.1, 0.15) is 5.56 Å². The van der Waals surface area contributed by atoms with E-state index in [9.17, 15) is 5.11 Å². The van der Waals surface area contributed by atoms with Crippen LogP contribution < -0.4 is 5.32 Å². The number of fused-ring (bicyclic) bond motifs is 1. The third-order valence-corrected chi connectivity index (χ3v) is 5.01. The van der Waals surface area contributed by atoms with Crippen molar-refractivity contribution < 1.29 is 5.11 Å². The molecule has 1 unspecified atom stereocenters. The van der Waals surface area contributed by atoms with E-state index in [-0.39, 0.29) is 13.1 Å². The number of hydrogen-bond acceptors (Lipinski definition) is 4. The summed E-state index contributed by atoms with van der Waals surface area (Å²) in [6.07, 6.45) is 4.88. The van der Waals surface area contributed by atoms with Crippen molar-refractivity contribution in [3.05, 3.63) is 76.9 Å². The van der Waals surface area contributed by atoms with Crippen molar-refractivity contribution in [2.24, 2.45) is 0 Å². The molecule has 6 nitrogen and oxygen atoms in total. The average Bonchev–Trinajstić information content (AvgIpc) is 3.30. The number of aromatic nitrogens is 4. The Morgan fingerprint density at radius 2 is 2.04 bits per heavy atom. The predicted octanol–water partition coefficient (Wildman–Crippen LogP) is 4.07. The molecule has 0 saturated heterocycles. The standard InChI is InChI=1S/C19H17Cl2N5O/c20-14-1-3-16(17(21)8-14)19(27,10-26-12-22-11-25-26)9-24-15-2-4-18-13(7-15)5-6-23-18/h1-8,11-12,23-24,27H,9-10H2. The van der Waals surface area contributed by atoms with E-state index in [0.29, 0.717) is 15.6 Å². The van der Waals surface area contributed by atoms with E-state index in [1.807, 2.05) is 30.5 Å². The van der Waals surface area contributed by atoms with E-state index < -0.39 is 5.60 Å². The molecule has 2 heterocycles. The first-order valence-electron chi connectivity index (χ1n) is 8.35. The van der Waals surface area contributed by atoms with E-state index >= 15 is 0 Å². The molecule has 27 heavy (non-hydrogen) atoms. The first kappa shape index (κ1) is 17.9. The smallest absolute Gasteiger partial charge is 0.137 e. The summed E-state index contributed by atoms with van der Waals surface area (Å²) in [6.45, 7) is 0.415. The van der Waals surface area contributed by atoms with Gasteiger partial charge in [-0.2, -0.15) is 5.10 Å². The molecule has 0 spiro atoms. The number of benzene rings is 2. The first-order valence-corrected chi connectivity index (χ1v) is 9.10. The number of aliphatic hydroxyl groups is 1. The molecule has 1 atom stereocenters. The van der Waals surface area contributed by atoms with Gasteiger partial charge in [-0.3, -0.25) is 0 Å². The minimum absolute atomic E-state index is 0.188. The van der Waals surface area contributed by atoms with Crippen LogP contribution in [-0.2, 0) is 12.1 Å². The molecule has 2 aromatic heterocycles. The topological polar surface area (TPSA) is 78.8 Å². The molecule has 0 bridgehead atoms. The van der Waals surface area contributed by atoms with E-state index in [0.717, 1.165) is 16.6 Å². The van der Waals surface area contributed by atoms with Crippen LogP contribution in [0.5, 0.6) is 0 Å². The Morgan fingerprint density at radius 1 is 1.15 bits per heavy atom. The number of halogens is 2. The number of H-pyrrole nitrogens is 1. The maximum atomic E-state index is 11.5. The van der Waals surface area contributed by atoms with Gasteiger partial charge in [0.2, 0.25) is 0 Å². The van der Waals surface area contributed by atoms with Gasteiger partial charge in [-0.1, -0.05) is 29.3 Å². The second-order valence-electron chi connectivity index (χ2n) is 6.38. The first-order chi connectivity index (χ1) is 13.0. The van der Waals surface area contributed by atoms with Gasteiger partial charge < -0.3 is 15.4 Å². The predicted molar refractivity (Wildman–Crippen MR) is 107 cm³/mol. The molecule has 0 aliphatic rings. The Morgan fingerprint density at radius 3 is 2.81 bits per heavy atom. The summed E-state index contributed by atoms with van der Waals surface area (Å²) in [5, 5.41) is 20.9. The lowest BCUT2D eigenvalue weighted by Gasteiger charge is -2.30. The quantitative estimate of drug-likeness (QED) is 0.455. The van der Waals surface area contributed by atoms with E-state index in [2.05, 4.69) is 20.4 Å². The molecule has 4 rings (SSSR count). The fourth-order valence-corrected chi connectivity index (χ4v) is 3.68. The van der Waals surface area contributed by atoms with Crippen LogP contribution in [0.3, 0.4) is 0 Å². The highest BCUT2D eigenvalue weighted by Crippen LogP contribution is 2.32. The van der Waals surface area contributed by atoms with Crippen LogP contribution in [-0.4, -0.2) is 31.4 Å². The fourth-order valence-electron chi connectivity index (χ4n) is 3.10. The summed E-state index contributed by atoms with van der Waals surface area (Å²) < 4.78 is 1.57. The number of hydrogen-bond donors (Lipinski definition) is 3. The van der Waals surface area contributed by atoms with Gasteiger partial charge in [-0.15, -0.1) is 0 Å². The Hall–Kier alpha value is -2.54. The average molecular weight is 402 g/mol. The van der Waals surface area contributed by atoms with Crippen LogP contribution in [0.15, 0.2) is 61.3 Å². The number of anilines is 1. The number of rotatable bonds is 6. The molecule has 0 amide bonds. The van der Waals surface area contributed by atoms with Gasteiger partial charge in [0.1, 0.15) is 18.3 Å². The lowest BCUT2D eigenvalue weighted by molar-refractivity contribution is 0.0283. The zero-order valence-corrected chi connectivity index (χ0v) is 15.7. The third kappa shape index (κ3) is 3.78. The Labute approximate surface area is 165 Å². The summed E-state index contributed by atoms with van der Waals surface area (Å²) in [7, 11) is 0. The lowest BCUT2D eigenvalue weighted by Crippen LogP contribution is -2.39. The molecule has 0 radical (unpaired) electrons. The van der Waals surface area contributed by atoms with Gasteiger partial charge in [0.25, 0.3) is 0 Å². The highest BCUT2D eigenvalue weighted by atomic mass is 35.5. The molecule has 3 N–H and O–H groups in total. The van der Waals surface area contributed by atoms with E-state index in [1.54, 1.807) is 29.2 Å². The molecule has 0 aliphatic heterocycles. The van der Waals surface area contributed by atoms with Gasteiger partial charge in [0.15, 0.2) is 0 Å². The van der Waals surface area contributed by atoms with Crippen molar-refractivity contribution in [1.29, 1.82) is 0 Å². The minimum atomic E-state index is -1.32. The highest BCUT2D eigenvalue weighted by Gasteiger charge is 2.32. The molecule has 138 valence electrons. The van der Waals surface area contributed by atoms with Gasteiger partial charge in [0, 0.05) is 44.9 Å². The number of nitrogens with one attached hydrogen (secondary N) is 2. The van der Waals surface area contributed by atoms with Crippen LogP contribution in [0.2, 0.25) is 10.0 Å². The van der Waals surface area contributed by atoms with E-state index in [1.165, 1.54) is 6.33 Å². The van der Waals surface area contributed by atoms with Gasteiger partial charge in [0.05, 0.1) is 6.54 Å². The molecule has 0 saturated carbocycles. The van der Waals surface area contributed by atoms with E-state index in [4.69, 9.17) is 23.2 Å². The van der Waals surface area contributed by atoms with Crippen LogP contribution in [0.25, 0.3) is 10.9 Å². The molecular weight excluding hydrogens is 385 g/mol. The molecule has 8 heteroatoms. The van der Waals surface area contributed by atoms with Gasteiger partial charge in [-0.25, -0.2) is 9.67 Å². The third-order valence-electron chi connectivity index (χ3n) is 4.46. The molecule has 4 aromatic rings. The second-order valence-corrected chi connectivity index (χ2v) is 7.23. The van der Waals surface area contributed by atoms with Crippen molar-refractivity contribution in [1.82, 2.24) is 19.7 Å². The minimum Gasteiger partial charge on any atom is -0.382 e. The lowest BCUT2D eigenvalue weighted by atomic mass is 9.93. The maximum Gasteiger partial charge on any atom is 0.137 e. The monoisotopic (exact) mass is 401 g/mol. The van der Waals surface area contributed by atoms with Gasteiger partial charge >= 0.3 is 0 Å². The van der Waals surface area contributed by atoms with Gasteiger partial charge in [-0.05, 0) is 36.4 Å². The van der Waals surface area contributed by atoms with Crippen LogP contribution >= 0.6 is 23.2 Å². The number of aromatic amines is 1. The number of nitrogens with zero attached hydrogens (tertiary/aromatic N) is 3. The Balaban J connectivity index is 1.64. The summed E-state index contributed by atoms with van der Waals surface area (Å²) in [5.74, 6) is 0. The van der Waals surface area contributed by atoms with Crippen molar-refractivity contribution in [3.8, 4) is 0 Å². The van der Waals surface area contributed by atoms with Crippen molar-refractivity contribution >= 4 is 39.8 Å². The normalized spacial score (nSPS) is 13.6. The SMILES string of the molecule is OC(CNc1ccc2[nH]ccc2c1)(Cn1cncn1)c1ccc(Cl)cc1Cl. The molecule has 0 fully saturated rings. The highest BCUT2D eigenvalue weighted by molar-refractivity contribution is 6.35. The summed E-state index contributed by atoms with van der Waals surface area (Å²) >= 11 is 12.4. The summed E-state index contributed by atoms with van der Waals surface area (Å²) in [6, 6.07) is 13.0. The van der Waals surface area contributed by atoms with Crippen molar-refractivity contribution in [3.63, 3.8) is 0 Å². The fraction of sp³-hybridized carbons (Fsp3) is 0.158. The summed E-state index contributed by atoms with van der Waals surface area (Å²) in [5.41, 5.74) is 1.20. The Bertz CT molecular complexity index is 1060. The van der Waals surface area contributed by atoms with Crippen molar-refractivity contribution in [2.45, 2.75) is 12.1 Å². The zero-order chi connectivity index (χ0) is 18.9. The molecule has 0 aliphatic carbocycles. The van der Waals surface area contributed by atoms with Crippen LogP contribution in [0.4, 0.5) is 5.69 Å². The second kappa shape index (κ2) is 7.23. The maximum absolute atomic E-state index is 11.5. The van der Waals surface area contributed by atoms with Crippen LogP contribution in [0, 0.1) is 0 Å².